The van der Waals surface area contributed by atoms with Gasteiger partial charge in [-0.05, 0) is 59.7 Å². The number of ether oxygens (including phenoxy) is 1. The number of carbonyl (C=O) groups is 1. The first-order chi connectivity index (χ1) is 17.5. The largest absolute Gasteiger partial charge is 0.497 e. The second-order valence-corrected chi connectivity index (χ2v) is 11.2. The molecule has 0 saturated heterocycles. The number of hydrogen-bond donors (Lipinski definition) is 0. The molecule has 10 heteroatoms. The Hall–Kier alpha value is -2.98. The summed E-state index contributed by atoms with van der Waals surface area (Å²) in [6, 6.07) is 24.9. The third-order valence-corrected chi connectivity index (χ3v) is 8.30. The monoisotopic (exact) mass is 552 g/mol. The van der Waals surface area contributed by atoms with Crippen molar-refractivity contribution in [2.45, 2.75) is 16.8 Å². The number of halogens is 1. The van der Waals surface area contributed by atoms with Crippen molar-refractivity contribution in [1.82, 2.24) is 14.8 Å². The standard InChI is InChI=1S/C26H21ClN4O2S3/c1-33-21-13-7-18(8-14-21)23-15-22(17-5-3-2-4-6-17)28-31(23)24(32)16-35-25-29-30(26(34)36-25)20-11-9-19(27)10-12-20/h2-14,23H,15-16H2,1H3/t23-/m1/s1. The summed E-state index contributed by atoms with van der Waals surface area (Å²) in [6.07, 6.45) is 0.636. The molecular formula is C26H21ClN4O2S3. The minimum absolute atomic E-state index is 0.0917. The van der Waals surface area contributed by atoms with Crippen molar-refractivity contribution in [3.05, 3.63) is 99.0 Å². The molecule has 1 aliphatic rings. The average molecular weight is 553 g/mol. The zero-order valence-electron chi connectivity index (χ0n) is 19.2. The molecule has 0 fully saturated rings. The first-order valence-corrected chi connectivity index (χ1v) is 13.7. The van der Waals surface area contributed by atoms with Crippen LogP contribution >= 0.6 is 46.9 Å². The van der Waals surface area contributed by atoms with Gasteiger partial charge in [0.1, 0.15) is 5.75 Å². The van der Waals surface area contributed by atoms with Crippen LogP contribution in [0.5, 0.6) is 5.75 Å². The zero-order valence-corrected chi connectivity index (χ0v) is 22.4. The van der Waals surface area contributed by atoms with E-state index in [-0.39, 0.29) is 17.7 Å². The van der Waals surface area contributed by atoms with E-state index in [1.807, 2.05) is 66.7 Å². The van der Waals surface area contributed by atoms with Crippen LogP contribution in [0.15, 0.2) is 88.3 Å². The molecule has 1 amide bonds. The maximum atomic E-state index is 13.4. The van der Waals surface area contributed by atoms with Gasteiger partial charge in [-0.1, -0.05) is 77.2 Å². The molecule has 0 unspecified atom stereocenters. The Balaban J connectivity index is 1.36. The number of amides is 1. The van der Waals surface area contributed by atoms with Gasteiger partial charge < -0.3 is 4.74 Å². The summed E-state index contributed by atoms with van der Waals surface area (Å²) in [5.74, 6) is 0.874. The number of rotatable bonds is 7. The Morgan fingerprint density at radius 2 is 1.83 bits per heavy atom. The second kappa shape index (κ2) is 11.0. The lowest BCUT2D eigenvalue weighted by Crippen LogP contribution is -2.28. The topological polar surface area (TPSA) is 59.7 Å². The van der Waals surface area contributed by atoms with Gasteiger partial charge in [-0.25, -0.2) is 9.69 Å². The highest BCUT2D eigenvalue weighted by Crippen LogP contribution is 2.35. The Labute approximate surface area is 227 Å². The van der Waals surface area contributed by atoms with Crippen LogP contribution < -0.4 is 4.74 Å². The number of nitrogens with zero attached hydrogens (tertiary/aromatic N) is 4. The van der Waals surface area contributed by atoms with Crippen molar-refractivity contribution in [3.8, 4) is 11.4 Å². The van der Waals surface area contributed by atoms with Crippen LogP contribution in [0.3, 0.4) is 0 Å². The average Bonchev–Trinajstić information content (AvgIpc) is 3.52. The van der Waals surface area contributed by atoms with E-state index in [0.29, 0.717) is 15.4 Å². The maximum absolute atomic E-state index is 13.4. The summed E-state index contributed by atoms with van der Waals surface area (Å²) >= 11 is 14.2. The smallest absolute Gasteiger partial charge is 0.253 e. The quantitative estimate of drug-likeness (QED) is 0.186. The lowest BCUT2D eigenvalue weighted by Gasteiger charge is -2.22. The van der Waals surface area contributed by atoms with Crippen LogP contribution in [0.2, 0.25) is 5.02 Å². The van der Waals surface area contributed by atoms with Crippen LogP contribution in [-0.2, 0) is 4.79 Å². The molecule has 1 atom stereocenters. The van der Waals surface area contributed by atoms with Crippen molar-refractivity contribution in [2.24, 2.45) is 5.10 Å². The molecule has 2 heterocycles. The number of benzene rings is 3. The van der Waals surface area contributed by atoms with Gasteiger partial charge in [-0.3, -0.25) is 4.79 Å². The Morgan fingerprint density at radius 3 is 2.53 bits per heavy atom. The Bertz CT molecular complexity index is 1450. The predicted molar refractivity (Wildman–Crippen MR) is 148 cm³/mol. The number of hydrogen-bond acceptors (Lipinski definition) is 7. The van der Waals surface area contributed by atoms with E-state index in [0.717, 1.165) is 32.6 Å². The molecule has 0 saturated carbocycles. The molecule has 3 aromatic carbocycles. The number of carbonyl (C=O) groups excluding carboxylic acids is 1. The number of methoxy groups -OCH3 is 1. The summed E-state index contributed by atoms with van der Waals surface area (Å²) in [5.41, 5.74) is 3.73. The van der Waals surface area contributed by atoms with E-state index in [2.05, 4.69) is 5.10 Å². The summed E-state index contributed by atoms with van der Waals surface area (Å²) in [4.78, 5) is 13.4. The minimum Gasteiger partial charge on any atom is -0.497 e. The Kier molecular flexibility index (Phi) is 7.52. The highest BCUT2D eigenvalue weighted by molar-refractivity contribution is 8.01. The van der Waals surface area contributed by atoms with Gasteiger partial charge in [0, 0.05) is 11.4 Å². The third-order valence-electron chi connectivity index (χ3n) is 5.69. The van der Waals surface area contributed by atoms with E-state index in [1.165, 1.54) is 23.1 Å². The zero-order chi connectivity index (χ0) is 25.1. The van der Waals surface area contributed by atoms with E-state index < -0.39 is 0 Å². The first kappa shape index (κ1) is 24.7. The lowest BCUT2D eigenvalue weighted by atomic mass is 9.98. The second-order valence-electron chi connectivity index (χ2n) is 7.95. The minimum atomic E-state index is -0.191. The fourth-order valence-corrected chi connectivity index (χ4v) is 6.22. The molecule has 1 aromatic heterocycles. The van der Waals surface area contributed by atoms with Gasteiger partial charge in [0.25, 0.3) is 5.91 Å². The fourth-order valence-electron chi connectivity index (χ4n) is 3.89. The van der Waals surface area contributed by atoms with Crippen molar-refractivity contribution >= 4 is 58.5 Å². The third kappa shape index (κ3) is 5.39. The van der Waals surface area contributed by atoms with Crippen molar-refractivity contribution in [3.63, 3.8) is 0 Å². The van der Waals surface area contributed by atoms with E-state index in [9.17, 15) is 4.79 Å². The van der Waals surface area contributed by atoms with Crippen molar-refractivity contribution < 1.29 is 9.53 Å². The van der Waals surface area contributed by atoms with E-state index >= 15 is 0 Å². The predicted octanol–water partition coefficient (Wildman–Crippen LogP) is 6.80. The summed E-state index contributed by atoms with van der Waals surface area (Å²) in [5, 5.41) is 11.6. The summed E-state index contributed by atoms with van der Waals surface area (Å²) in [7, 11) is 1.64. The molecular weight excluding hydrogens is 532 g/mol. The fraction of sp³-hybridized carbons (Fsp3) is 0.154. The molecule has 0 spiro atoms. The van der Waals surface area contributed by atoms with Gasteiger partial charge in [0.15, 0.2) is 8.29 Å². The van der Waals surface area contributed by atoms with Crippen molar-refractivity contribution in [2.75, 3.05) is 12.9 Å². The SMILES string of the molecule is COc1ccc([C@H]2CC(c3ccccc3)=NN2C(=O)CSc2nn(-c3ccc(Cl)cc3)c(=S)s2)cc1. The van der Waals surface area contributed by atoms with Crippen molar-refractivity contribution in [1.29, 1.82) is 0 Å². The highest BCUT2D eigenvalue weighted by Gasteiger charge is 2.33. The number of aromatic nitrogens is 2. The molecule has 36 heavy (non-hydrogen) atoms. The maximum Gasteiger partial charge on any atom is 0.253 e. The molecule has 4 aromatic rings. The lowest BCUT2D eigenvalue weighted by molar-refractivity contribution is -0.130. The molecule has 0 radical (unpaired) electrons. The van der Waals surface area contributed by atoms with Crippen LogP contribution in [0.1, 0.15) is 23.6 Å². The number of thioether (sulfide) groups is 1. The molecule has 0 N–H and O–H groups in total. The number of hydrazone groups is 1. The van der Waals surface area contributed by atoms with E-state index in [1.54, 1.807) is 28.9 Å². The first-order valence-electron chi connectivity index (χ1n) is 11.1. The molecule has 5 rings (SSSR count). The highest BCUT2D eigenvalue weighted by atomic mass is 35.5. The van der Waals surface area contributed by atoms with Gasteiger partial charge >= 0.3 is 0 Å². The van der Waals surface area contributed by atoms with Gasteiger partial charge in [-0.2, -0.15) is 5.10 Å². The summed E-state index contributed by atoms with van der Waals surface area (Å²) < 4.78 is 8.31. The van der Waals surface area contributed by atoms with Crippen LogP contribution in [0, 0.1) is 3.95 Å². The normalized spacial score (nSPS) is 15.1. The Morgan fingerprint density at radius 1 is 1.11 bits per heavy atom. The van der Waals surface area contributed by atoms with Gasteiger partial charge in [-0.15, -0.1) is 5.10 Å². The molecule has 6 nitrogen and oxygen atoms in total. The van der Waals surface area contributed by atoms with Crippen LogP contribution in [0.25, 0.3) is 5.69 Å². The molecule has 0 bridgehead atoms. The molecule has 0 aliphatic carbocycles. The molecule has 1 aliphatic heterocycles. The van der Waals surface area contributed by atoms with Crippen LogP contribution in [-0.4, -0.2) is 39.3 Å². The van der Waals surface area contributed by atoms with E-state index in [4.69, 9.17) is 33.7 Å². The summed E-state index contributed by atoms with van der Waals surface area (Å²) in [6.45, 7) is 0. The van der Waals surface area contributed by atoms with Gasteiger partial charge in [0.2, 0.25) is 0 Å². The van der Waals surface area contributed by atoms with Gasteiger partial charge in [0.05, 0.1) is 30.3 Å². The molecule has 182 valence electrons. The van der Waals surface area contributed by atoms with Crippen LogP contribution in [0.4, 0.5) is 0 Å².